The zero-order valence-electron chi connectivity index (χ0n) is 18.5. The third-order valence-corrected chi connectivity index (χ3v) is 8.63. The van der Waals surface area contributed by atoms with Gasteiger partial charge in [0.25, 0.3) is 10.0 Å². The van der Waals surface area contributed by atoms with Gasteiger partial charge >= 0.3 is 0 Å². The molecular weight excluding hydrogens is 532 g/mol. The minimum absolute atomic E-state index is 0. The van der Waals surface area contributed by atoms with Gasteiger partial charge in [-0.15, -0.1) is 36.2 Å². The summed E-state index contributed by atoms with van der Waals surface area (Å²) >= 11 is 1.17. The molecule has 0 radical (unpaired) electrons. The lowest BCUT2D eigenvalue weighted by atomic mass is 9.99. The number of rotatable bonds is 5. The van der Waals surface area contributed by atoms with Crippen molar-refractivity contribution in [2.45, 2.75) is 4.21 Å². The number of fused-ring (bicyclic) bond motifs is 1. The van der Waals surface area contributed by atoms with Gasteiger partial charge in [0.1, 0.15) is 16.4 Å². The largest absolute Gasteiger partial charge is 0.284 e. The van der Waals surface area contributed by atoms with Crippen molar-refractivity contribution in [2.24, 2.45) is 0 Å². The standard InChI is InChI=1S/C23H18FN5O2S2.2ClH/c1-29(2)33(30,31)21-10-9-20(32-21)23-17-11-15(5-8-19(17)25-13-26-23)18-12-27-28-22(18)14-3-6-16(24)7-4-14;;/h3-13H,1-2H3,(H,27,28);2*1H. The Bertz CT molecular complexity index is 1590. The fraction of sp³-hybridized carbons (Fsp3) is 0.0870. The Labute approximate surface area is 217 Å². The van der Waals surface area contributed by atoms with E-state index in [0.717, 1.165) is 32.5 Å². The molecule has 3 aromatic heterocycles. The van der Waals surface area contributed by atoms with Gasteiger partial charge in [0.2, 0.25) is 0 Å². The molecule has 0 amide bonds. The number of halogens is 3. The van der Waals surface area contributed by atoms with Crippen molar-refractivity contribution in [1.29, 1.82) is 0 Å². The van der Waals surface area contributed by atoms with Gasteiger partial charge < -0.3 is 0 Å². The highest BCUT2D eigenvalue weighted by Crippen LogP contribution is 2.37. The second-order valence-corrected chi connectivity index (χ2v) is 11.0. The molecule has 0 saturated carbocycles. The first-order valence-corrected chi connectivity index (χ1v) is 12.2. The molecule has 0 spiro atoms. The maximum absolute atomic E-state index is 13.4. The highest BCUT2D eigenvalue weighted by molar-refractivity contribution is 7.91. The minimum Gasteiger partial charge on any atom is -0.284 e. The number of hydrogen-bond acceptors (Lipinski definition) is 6. The van der Waals surface area contributed by atoms with Crippen molar-refractivity contribution in [3.63, 3.8) is 0 Å². The maximum atomic E-state index is 13.4. The summed E-state index contributed by atoms with van der Waals surface area (Å²) in [5.41, 5.74) is 4.60. The third kappa shape index (κ3) is 4.93. The normalized spacial score (nSPS) is 11.3. The second kappa shape index (κ2) is 10.4. The summed E-state index contributed by atoms with van der Waals surface area (Å²) in [7, 11) is -0.522. The fourth-order valence-corrected chi connectivity index (χ4v) is 6.01. The number of hydrogen-bond donors (Lipinski definition) is 1. The van der Waals surface area contributed by atoms with Gasteiger partial charge in [-0.1, -0.05) is 6.07 Å². The Morgan fingerprint density at radius 1 is 0.914 bits per heavy atom. The van der Waals surface area contributed by atoms with E-state index in [4.69, 9.17) is 0 Å². The van der Waals surface area contributed by atoms with Crippen LogP contribution in [0.2, 0.25) is 0 Å². The van der Waals surface area contributed by atoms with Crippen molar-refractivity contribution < 1.29 is 12.8 Å². The predicted molar refractivity (Wildman–Crippen MR) is 141 cm³/mol. The lowest BCUT2D eigenvalue weighted by Gasteiger charge is -2.09. The first kappa shape index (κ1) is 26.7. The van der Waals surface area contributed by atoms with Crippen LogP contribution < -0.4 is 0 Å². The highest BCUT2D eigenvalue weighted by atomic mass is 35.5. The van der Waals surface area contributed by atoms with Crippen LogP contribution >= 0.6 is 36.2 Å². The summed E-state index contributed by atoms with van der Waals surface area (Å²) in [6.45, 7) is 0. The average molecular weight is 552 g/mol. The number of sulfonamides is 1. The molecule has 2 aromatic carbocycles. The minimum atomic E-state index is -3.53. The van der Waals surface area contributed by atoms with Gasteiger partial charge in [0.15, 0.2) is 0 Å². The molecule has 35 heavy (non-hydrogen) atoms. The molecule has 5 rings (SSSR count). The molecule has 0 aliphatic heterocycles. The van der Waals surface area contributed by atoms with E-state index < -0.39 is 10.0 Å². The van der Waals surface area contributed by atoms with Crippen LogP contribution in [0.1, 0.15) is 0 Å². The number of H-pyrrole nitrogens is 1. The van der Waals surface area contributed by atoms with E-state index in [0.29, 0.717) is 11.4 Å². The zero-order valence-corrected chi connectivity index (χ0v) is 21.7. The number of nitrogens with one attached hydrogen (secondary N) is 1. The molecule has 0 saturated heterocycles. The average Bonchev–Trinajstić information content (AvgIpc) is 3.49. The van der Waals surface area contributed by atoms with Gasteiger partial charge in [0, 0.05) is 36.8 Å². The van der Waals surface area contributed by atoms with E-state index in [1.807, 2.05) is 18.2 Å². The lowest BCUT2D eigenvalue weighted by Crippen LogP contribution is -2.21. The smallest absolute Gasteiger partial charge is 0.252 e. The number of aromatic nitrogens is 4. The molecule has 3 heterocycles. The Morgan fingerprint density at radius 2 is 1.63 bits per heavy atom. The van der Waals surface area contributed by atoms with E-state index >= 15 is 0 Å². The van der Waals surface area contributed by atoms with E-state index in [1.54, 1.807) is 30.5 Å². The number of thiophene rings is 1. The van der Waals surface area contributed by atoms with Gasteiger partial charge in [-0.2, -0.15) is 5.10 Å². The number of nitrogens with zero attached hydrogens (tertiary/aromatic N) is 4. The second-order valence-electron chi connectivity index (χ2n) is 7.51. The molecule has 1 N–H and O–H groups in total. The van der Waals surface area contributed by atoms with Crippen LogP contribution in [0.3, 0.4) is 0 Å². The van der Waals surface area contributed by atoms with Crippen molar-refractivity contribution in [3.8, 4) is 33.0 Å². The topological polar surface area (TPSA) is 91.8 Å². The molecule has 0 unspecified atom stereocenters. The molecule has 0 aliphatic rings. The summed E-state index contributed by atoms with van der Waals surface area (Å²) in [5.74, 6) is -0.310. The Kier molecular flexibility index (Phi) is 7.93. The molecule has 12 heteroatoms. The summed E-state index contributed by atoms with van der Waals surface area (Å²) in [4.78, 5) is 9.55. The van der Waals surface area contributed by atoms with E-state index in [2.05, 4.69) is 20.2 Å². The van der Waals surface area contributed by atoms with Crippen LogP contribution in [-0.4, -0.2) is 47.0 Å². The quantitative estimate of drug-likeness (QED) is 0.304. The molecule has 5 aromatic rings. The fourth-order valence-electron chi connectivity index (χ4n) is 3.52. The van der Waals surface area contributed by atoms with Crippen molar-refractivity contribution in [2.75, 3.05) is 14.1 Å². The molecule has 7 nitrogen and oxygen atoms in total. The van der Waals surface area contributed by atoms with Crippen LogP contribution in [0.4, 0.5) is 4.39 Å². The van der Waals surface area contributed by atoms with Crippen LogP contribution in [0.15, 0.2) is 71.3 Å². The lowest BCUT2D eigenvalue weighted by molar-refractivity contribution is 0.523. The summed E-state index contributed by atoms with van der Waals surface area (Å²) in [6, 6.07) is 15.3. The van der Waals surface area contributed by atoms with Gasteiger partial charge in [-0.05, 0) is 54.1 Å². The first-order valence-electron chi connectivity index (χ1n) is 9.92. The molecule has 0 aliphatic carbocycles. The summed E-state index contributed by atoms with van der Waals surface area (Å²) in [5, 5.41) is 8.03. The van der Waals surface area contributed by atoms with E-state index in [-0.39, 0.29) is 34.8 Å². The Balaban J connectivity index is 0.00000171. The monoisotopic (exact) mass is 551 g/mol. The zero-order chi connectivity index (χ0) is 23.2. The Hall–Kier alpha value is -2.89. The highest BCUT2D eigenvalue weighted by Gasteiger charge is 2.21. The van der Waals surface area contributed by atoms with Crippen molar-refractivity contribution in [1.82, 2.24) is 24.5 Å². The van der Waals surface area contributed by atoms with Gasteiger partial charge in [0.05, 0.1) is 21.8 Å². The maximum Gasteiger partial charge on any atom is 0.252 e. The van der Waals surface area contributed by atoms with Crippen molar-refractivity contribution in [3.05, 3.63) is 72.9 Å². The van der Waals surface area contributed by atoms with E-state index in [9.17, 15) is 12.8 Å². The molecule has 0 bridgehead atoms. The Morgan fingerprint density at radius 3 is 2.34 bits per heavy atom. The van der Waals surface area contributed by atoms with Crippen LogP contribution in [-0.2, 0) is 10.0 Å². The van der Waals surface area contributed by atoms with Gasteiger partial charge in [-0.3, -0.25) is 5.10 Å². The molecule has 182 valence electrons. The van der Waals surface area contributed by atoms with Crippen molar-refractivity contribution >= 4 is 57.1 Å². The third-order valence-electron chi connectivity index (χ3n) is 5.25. The SMILES string of the molecule is CN(C)S(=O)(=O)c1ccc(-c2ncnc3ccc(-c4c[nH]nc4-c4ccc(F)cc4)cc23)s1.Cl.Cl. The molecule has 0 atom stereocenters. The van der Waals surface area contributed by atoms with Crippen LogP contribution in [0.25, 0.3) is 43.9 Å². The molecule has 0 fully saturated rings. The predicted octanol–water partition coefficient (Wildman–Crippen LogP) is 5.65. The number of aromatic amines is 1. The van der Waals surface area contributed by atoms with E-state index in [1.165, 1.54) is 48.2 Å². The van der Waals surface area contributed by atoms with Crippen LogP contribution in [0, 0.1) is 5.82 Å². The molecular formula is C23H20Cl2FN5O2S2. The number of benzene rings is 2. The van der Waals surface area contributed by atoms with Crippen LogP contribution in [0.5, 0.6) is 0 Å². The summed E-state index contributed by atoms with van der Waals surface area (Å²) < 4.78 is 39.8. The summed E-state index contributed by atoms with van der Waals surface area (Å²) in [6.07, 6.45) is 3.26. The van der Waals surface area contributed by atoms with Gasteiger partial charge in [-0.25, -0.2) is 27.1 Å². The first-order chi connectivity index (χ1) is 15.8.